The molecule has 0 spiro atoms. The highest BCUT2D eigenvalue weighted by Gasteiger charge is 2.08. The minimum Gasteiger partial charge on any atom is -0.496 e. The number of hydrogen-bond donors (Lipinski definition) is 0. The average molecular weight is 372 g/mol. The molecule has 0 saturated heterocycles. The van der Waals surface area contributed by atoms with Crippen molar-refractivity contribution in [3.63, 3.8) is 0 Å². The summed E-state index contributed by atoms with van der Waals surface area (Å²) in [5.74, 6) is -0.133. The van der Waals surface area contributed by atoms with Crippen molar-refractivity contribution < 1.29 is 18.7 Å². The van der Waals surface area contributed by atoms with E-state index in [4.69, 9.17) is 9.47 Å². The molecular weight excluding hydrogens is 343 g/mol. The standard InChI is InChI=1S/C23H29FO3/c1-8-27-23(25)14-17(4)21(24)12-10-15(2)9-11-20-16(3)13-22(26-7)19(6)18(20)5/h9-14H,8H2,1-7H3/b11-9+,15-10+,17-14+,21-12-. The first-order valence-electron chi connectivity index (χ1n) is 8.93. The molecule has 146 valence electrons. The fourth-order valence-corrected chi connectivity index (χ4v) is 2.57. The molecule has 0 radical (unpaired) electrons. The fraction of sp³-hybridized carbons (Fsp3) is 0.348. The van der Waals surface area contributed by atoms with Crippen LogP contribution in [0.5, 0.6) is 5.75 Å². The Hall–Kier alpha value is -2.62. The van der Waals surface area contributed by atoms with E-state index in [0.29, 0.717) is 0 Å². The van der Waals surface area contributed by atoms with Crippen molar-refractivity contribution in [3.05, 3.63) is 69.6 Å². The molecule has 3 nitrogen and oxygen atoms in total. The zero-order valence-corrected chi connectivity index (χ0v) is 17.3. The molecule has 0 bridgehead atoms. The highest BCUT2D eigenvalue weighted by Crippen LogP contribution is 2.28. The Balaban J connectivity index is 3.00. The summed E-state index contributed by atoms with van der Waals surface area (Å²) in [6.07, 6.45) is 8.14. The molecule has 0 unspecified atom stereocenters. The number of esters is 1. The van der Waals surface area contributed by atoms with Crippen LogP contribution in [0.25, 0.3) is 6.08 Å². The maximum absolute atomic E-state index is 14.1. The Morgan fingerprint density at radius 3 is 2.41 bits per heavy atom. The molecule has 1 aromatic carbocycles. The van der Waals surface area contributed by atoms with E-state index in [-0.39, 0.29) is 12.2 Å². The maximum atomic E-state index is 14.1. The van der Waals surface area contributed by atoms with Crippen LogP contribution in [-0.2, 0) is 9.53 Å². The van der Waals surface area contributed by atoms with Crippen molar-refractivity contribution in [1.82, 2.24) is 0 Å². The van der Waals surface area contributed by atoms with Crippen LogP contribution in [-0.4, -0.2) is 19.7 Å². The van der Waals surface area contributed by atoms with Gasteiger partial charge in [0.2, 0.25) is 0 Å². The fourth-order valence-electron chi connectivity index (χ4n) is 2.57. The van der Waals surface area contributed by atoms with Gasteiger partial charge < -0.3 is 9.47 Å². The molecule has 0 aliphatic rings. The summed E-state index contributed by atoms with van der Waals surface area (Å²) in [6.45, 7) is 11.5. The lowest BCUT2D eigenvalue weighted by atomic mass is 9.96. The second kappa shape index (κ2) is 10.5. The van der Waals surface area contributed by atoms with E-state index in [1.807, 2.05) is 39.0 Å². The van der Waals surface area contributed by atoms with Crippen LogP contribution >= 0.6 is 0 Å². The summed E-state index contributed by atoms with van der Waals surface area (Å²) in [4.78, 5) is 11.4. The number of benzene rings is 1. The molecule has 0 heterocycles. The minimum atomic E-state index is -0.542. The number of carbonyl (C=O) groups is 1. The molecular formula is C23H29FO3. The van der Waals surface area contributed by atoms with Gasteiger partial charge in [0.15, 0.2) is 0 Å². The van der Waals surface area contributed by atoms with Crippen molar-refractivity contribution in [2.45, 2.75) is 41.5 Å². The Kier molecular flexibility index (Phi) is 8.73. The Morgan fingerprint density at radius 2 is 1.81 bits per heavy atom. The van der Waals surface area contributed by atoms with Crippen molar-refractivity contribution in [1.29, 1.82) is 0 Å². The van der Waals surface area contributed by atoms with Gasteiger partial charge in [-0.05, 0) is 81.5 Å². The van der Waals surface area contributed by atoms with Gasteiger partial charge in [-0.2, -0.15) is 0 Å². The Labute approximate surface area is 161 Å². The van der Waals surface area contributed by atoms with Gasteiger partial charge in [-0.15, -0.1) is 0 Å². The predicted octanol–water partition coefficient (Wildman–Crippen LogP) is 5.94. The summed E-state index contributed by atoms with van der Waals surface area (Å²) in [6, 6.07) is 2.02. The van der Waals surface area contributed by atoms with Gasteiger partial charge in [0.25, 0.3) is 0 Å². The maximum Gasteiger partial charge on any atom is 0.331 e. The first kappa shape index (κ1) is 22.4. The molecule has 0 aromatic heterocycles. The van der Waals surface area contributed by atoms with Gasteiger partial charge in [-0.3, -0.25) is 0 Å². The normalized spacial score (nSPS) is 13.3. The molecule has 27 heavy (non-hydrogen) atoms. The van der Waals surface area contributed by atoms with Gasteiger partial charge in [0.1, 0.15) is 11.6 Å². The summed E-state index contributed by atoms with van der Waals surface area (Å²) in [5, 5.41) is 0. The van der Waals surface area contributed by atoms with E-state index in [0.717, 1.165) is 39.7 Å². The van der Waals surface area contributed by atoms with Gasteiger partial charge in [-0.25, -0.2) is 9.18 Å². The van der Waals surface area contributed by atoms with E-state index < -0.39 is 11.8 Å². The van der Waals surface area contributed by atoms with Crippen LogP contribution in [0.15, 0.2) is 47.3 Å². The van der Waals surface area contributed by atoms with E-state index in [2.05, 4.69) is 6.92 Å². The van der Waals surface area contributed by atoms with Gasteiger partial charge in [0, 0.05) is 6.08 Å². The molecule has 0 atom stereocenters. The van der Waals surface area contributed by atoms with Gasteiger partial charge in [-0.1, -0.05) is 23.8 Å². The van der Waals surface area contributed by atoms with E-state index in [9.17, 15) is 9.18 Å². The van der Waals surface area contributed by atoms with Crippen LogP contribution in [0.1, 0.15) is 43.0 Å². The van der Waals surface area contributed by atoms with E-state index in [1.54, 1.807) is 20.1 Å². The molecule has 1 aromatic rings. The zero-order chi connectivity index (χ0) is 20.6. The predicted molar refractivity (Wildman–Crippen MR) is 110 cm³/mol. The lowest BCUT2D eigenvalue weighted by Crippen LogP contribution is -2.00. The van der Waals surface area contributed by atoms with Crippen molar-refractivity contribution >= 4 is 12.0 Å². The lowest BCUT2D eigenvalue weighted by molar-refractivity contribution is -0.137. The number of methoxy groups -OCH3 is 1. The topological polar surface area (TPSA) is 35.5 Å². The molecule has 0 amide bonds. The SMILES string of the molecule is CCOC(=O)/C=C(C)/C(F)=C/C=C(C)/C=C/c1c(C)cc(OC)c(C)c1C. The number of carbonyl (C=O) groups excluding carboxylic acids is 1. The zero-order valence-electron chi connectivity index (χ0n) is 17.3. The number of aryl methyl sites for hydroxylation is 1. The summed E-state index contributed by atoms with van der Waals surface area (Å²) in [7, 11) is 1.67. The highest BCUT2D eigenvalue weighted by atomic mass is 19.1. The monoisotopic (exact) mass is 372 g/mol. The third-order valence-corrected chi connectivity index (χ3v) is 4.33. The number of halogens is 1. The van der Waals surface area contributed by atoms with Gasteiger partial charge >= 0.3 is 5.97 Å². The van der Waals surface area contributed by atoms with Crippen molar-refractivity contribution in [2.24, 2.45) is 0 Å². The van der Waals surface area contributed by atoms with Crippen LogP contribution in [0.4, 0.5) is 4.39 Å². The van der Waals surface area contributed by atoms with Crippen LogP contribution in [0.2, 0.25) is 0 Å². The largest absolute Gasteiger partial charge is 0.496 e. The minimum absolute atomic E-state index is 0.235. The first-order chi connectivity index (χ1) is 12.7. The smallest absolute Gasteiger partial charge is 0.331 e. The Morgan fingerprint density at radius 1 is 1.15 bits per heavy atom. The molecule has 1 rings (SSSR count). The van der Waals surface area contributed by atoms with Crippen LogP contribution in [0.3, 0.4) is 0 Å². The average Bonchev–Trinajstić information content (AvgIpc) is 2.62. The van der Waals surface area contributed by atoms with Crippen molar-refractivity contribution in [2.75, 3.05) is 13.7 Å². The number of ether oxygens (including phenoxy) is 2. The molecule has 0 N–H and O–H groups in total. The third-order valence-electron chi connectivity index (χ3n) is 4.33. The molecule has 0 fully saturated rings. The Bertz CT molecular complexity index is 811. The molecule has 4 heteroatoms. The summed E-state index contributed by atoms with van der Waals surface area (Å²) in [5.41, 5.74) is 5.64. The lowest BCUT2D eigenvalue weighted by Gasteiger charge is -2.13. The third kappa shape index (κ3) is 6.55. The molecule has 0 aliphatic heterocycles. The number of allylic oxidation sites excluding steroid dienone is 6. The molecule has 0 saturated carbocycles. The number of rotatable bonds is 7. The summed E-state index contributed by atoms with van der Waals surface area (Å²) < 4.78 is 24.3. The molecule has 0 aliphatic carbocycles. The van der Waals surface area contributed by atoms with E-state index in [1.165, 1.54) is 13.0 Å². The first-order valence-corrected chi connectivity index (χ1v) is 8.93. The quantitative estimate of drug-likeness (QED) is 0.337. The van der Waals surface area contributed by atoms with Crippen molar-refractivity contribution in [3.8, 4) is 5.75 Å². The summed E-state index contributed by atoms with van der Waals surface area (Å²) >= 11 is 0. The van der Waals surface area contributed by atoms with E-state index >= 15 is 0 Å². The van der Waals surface area contributed by atoms with Gasteiger partial charge in [0.05, 0.1) is 13.7 Å². The van der Waals surface area contributed by atoms with Crippen LogP contribution in [0, 0.1) is 20.8 Å². The second-order valence-electron chi connectivity index (χ2n) is 6.40. The highest BCUT2D eigenvalue weighted by molar-refractivity contribution is 5.83. The van der Waals surface area contributed by atoms with Crippen LogP contribution < -0.4 is 4.74 Å². The second-order valence-corrected chi connectivity index (χ2v) is 6.40. The number of hydrogen-bond acceptors (Lipinski definition) is 3.